The van der Waals surface area contributed by atoms with Crippen molar-refractivity contribution in [3.8, 4) is 0 Å². The number of rotatable bonds is 8. The number of nitrogens with one attached hydrogen (secondary N) is 2. The van der Waals surface area contributed by atoms with Crippen molar-refractivity contribution in [2.45, 2.75) is 52.6 Å². The monoisotopic (exact) mass is 313 g/mol. The van der Waals surface area contributed by atoms with Crippen LogP contribution in [0.4, 0.5) is 4.79 Å². The van der Waals surface area contributed by atoms with E-state index >= 15 is 0 Å². The second kappa shape index (κ2) is 8.61. The summed E-state index contributed by atoms with van der Waals surface area (Å²) in [7, 11) is 0. The molecule has 1 heterocycles. The quantitative estimate of drug-likeness (QED) is 0.688. The van der Waals surface area contributed by atoms with Gasteiger partial charge in [0, 0.05) is 11.4 Å². The molecule has 0 bridgehead atoms. The molecule has 1 unspecified atom stereocenters. The maximum absolute atomic E-state index is 11.7. The number of urea groups is 1. The summed E-state index contributed by atoms with van der Waals surface area (Å²) in [6.45, 7) is 6.59. The number of hydrogen-bond acceptors (Lipinski definition) is 4. The summed E-state index contributed by atoms with van der Waals surface area (Å²) >= 11 is 1.22. The fourth-order valence-electron chi connectivity index (χ4n) is 1.83. The number of thiazole rings is 1. The van der Waals surface area contributed by atoms with Crippen LogP contribution in [0.1, 0.15) is 55.5 Å². The van der Waals surface area contributed by atoms with E-state index in [1.54, 1.807) is 0 Å². The number of hydrogen-bond donors (Lipinski definition) is 3. The maximum Gasteiger partial charge on any atom is 0.355 e. The zero-order valence-electron chi connectivity index (χ0n) is 12.7. The Balaban J connectivity index is 2.25. The van der Waals surface area contributed by atoms with E-state index in [4.69, 9.17) is 5.11 Å². The van der Waals surface area contributed by atoms with Crippen molar-refractivity contribution in [1.82, 2.24) is 15.6 Å². The summed E-state index contributed by atoms with van der Waals surface area (Å²) in [6.07, 6.45) is 3.20. The molecule has 2 amide bonds. The molecule has 0 fully saturated rings. The van der Waals surface area contributed by atoms with Gasteiger partial charge < -0.3 is 15.7 Å². The van der Waals surface area contributed by atoms with Gasteiger partial charge in [-0.2, -0.15) is 0 Å². The molecule has 118 valence electrons. The van der Waals surface area contributed by atoms with Crippen molar-refractivity contribution in [2.75, 3.05) is 0 Å². The molecular formula is C14H23N3O3S. The standard InChI is InChI=1S/C14H23N3O3S/c1-9(2)5-4-6-10(3)16-14(20)15-7-12-17-11(8-21-12)13(18)19/h8-10H,4-7H2,1-3H3,(H,18,19)(H2,15,16,20). The van der Waals surface area contributed by atoms with E-state index in [1.165, 1.54) is 16.7 Å². The van der Waals surface area contributed by atoms with Gasteiger partial charge in [0.1, 0.15) is 5.01 Å². The lowest BCUT2D eigenvalue weighted by atomic mass is 10.0. The lowest BCUT2D eigenvalue weighted by molar-refractivity contribution is 0.0691. The predicted molar refractivity (Wildman–Crippen MR) is 82.6 cm³/mol. The minimum atomic E-state index is -1.05. The second-order valence-electron chi connectivity index (χ2n) is 5.48. The fraction of sp³-hybridized carbons (Fsp3) is 0.643. The third-order valence-electron chi connectivity index (χ3n) is 2.97. The van der Waals surface area contributed by atoms with Crippen LogP contribution in [0.5, 0.6) is 0 Å². The molecule has 1 atom stereocenters. The Labute approximate surface area is 129 Å². The molecule has 0 saturated carbocycles. The average Bonchev–Trinajstić information content (AvgIpc) is 2.84. The smallest absolute Gasteiger partial charge is 0.355 e. The Morgan fingerprint density at radius 3 is 2.62 bits per heavy atom. The Bertz CT molecular complexity index is 474. The number of carboxylic acid groups (broad SMARTS) is 1. The third-order valence-corrected chi connectivity index (χ3v) is 3.82. The average molecular weight is 313 g/mol. The van der Waals surface area contributed by atoms with E-state index < -0.39 is 5.97 Å². The van der Waals surface area contributed by atoms with Crippen molar-refractivity contribution in [3.05, 3.63) is 16.1 Å². The van der Waals surface area contributed by atoms with Gasteiger partial charge in [0.2, 0.25) is 0 Å². The SMILES string of the molecule is CC(C)CCCC(C)NC(=O)NCc1nc(C(=O)O)cs1. The maximum atomic E-state index is 11.7. The molecule has 0 aliphatic carbocycles. The van der Waals surface area contributed by atoms with E-state index in [-0.39, 0.29) is 24.3 Å². The van der Waals surface area contributed by atoms with E-state index in [2.05, 4.69) is 29.5 Å². The lowest BCUT2D eigenvalue weighted by Crippen LogP contribution is -2.40. The second-order valence-corrected chi connectivity index (χ2v) is 6.43. The molecule has 21 heavy (non-hydrogen) atoms. The first-order valence-corrected chi connectivity index (χ1v) is 7.98. The summed E-state index contributed by atoms with van der Waals surface area (Å²) in [5, 5.41) is 16.4. The molecule has 7 heteroatoms. The first kappa shape index (κ1) is 17.4. The number of carbonyl (C=O) groups is 2. The lowest BCUT2D eigenvalue weighted by Gasteiger charge is -2.14. The van der Waals surface area contributed by atoms with Crippen molar-refractivity contribution in [2.24, 2.45) is 5.92 Å². The van der Waals surface area contributed by atoms with Gasteiger partial charge in [-0.25, -0.2) is 14.6 Å². The van der Waals surface area contributed by atoms with Crippen LogP contribution in [-0.2, 0) is 6.54 Å². The van der Waals surface area contributed by atoms with Gasteiger partial charge in [0.15, 0.2) is 5.69 Å². The highest BCUT2D eigenvalue weighted by atomic mass is 32.1. The number of aromatic nitrogens is 1. The summed E-state index contributed by atoms with van der Waals surface area (Å²) in [5.74, 6) is -0.375. The summed E-state index contributed by atoms with van der Waals surface area (Å²) < 4.78 is 0. The normalized spacial score (nSPS) is 12.2. The Morgan fingerprint density at radius 2 is 2.05 bits per heavy atom. The van der Waals surface area contributed by atoms with Crippen molar-refractivity contribution in [1.29, 1.82) is 0 Å². The molecule has 1 rings (SSSR count). The van der Waals surface area contributed by atoms with Gasteiger partial charge in [-0.1, -0.05) is 26.7 Å². The molecule has 6 nitrogen and oxygen atoms in total. The highest BCUT2D eigenvalue weighted by molar-refractivity contribution is 7.09. The topological polar surface area (TPSA) is 91.3 Å². The van der Waals surface area contributed by atoms with Crippen LogP contribution in [0.25, 0.3) is 0 Å². The number of aromatic carboxylic acids is 1. The fourth-order valence-corrected chi connectivity index (χ4v) is 2.53. The summed E-state index contributed by atoms with van der Waals surface area (Å²) in [6, 6.07) is -0.131. The zero-order valence-corrected chi connectivity index (χ0v) is 13.5. The molecule has 0 aliphatic heterocycles. The van der Waals surface area contributed by atoms with E-state index in [1.807, 2.05) is 6.92 Å². The molecule has 1 aromatic rings. The number of carboxylic acids is 1. The van der Waals surface area contributed by atoms with Crippen LogP contribution in [0, 0.1) is 5.92 Å². The summed E-state index contributed by atoms with van der Waals surface area (Å²) in [5.41, 5.74) is 0.0132. The Hall–Kier alpha value is -1.63. The predicted octanol–water partition coefficient (Wildman–Crippen LogP) is 2.86. The van der Waals surface area contributed by atoms with Gasteiger partial charge in [-0.15, -0.1) is 11.3 Å². The molecule has 0 aliphatic rings. The van der Waals surface area contributed by atoms with Gasteiger partial charge >= 0.3 is 12.0 Å². The molecule has 1 aromatic heterocycles. The van der Waals surface area contributed by atoms with Gasteiger partial charge in [-0.3, -0.25) is 0 Å². The van der Waals surface area contributed by atoms with E-state index in [9.17, 15) is 9.59 Å². The Kier molecular flexibility index (Phi) is 7.14. The number of carbonyl (C=O) groups excluding carboxylic acids is 1. The minimum absolute atomic E-state index is 0.0132. The highest BCUT2D eigenvalue weighted by Crippen LogP contribution is 2.10. The number of nitrogens with zero attached hydrogens (tertiary/aromatic N) is 1. The van der Waals surface area contributed by atoms with E-state index in [0.717, 1.165) is 19.3 Å². The zero-order chi connectivity index (χ0) is 15.8. The molecule has 0 aromatic carbocycles. The largest absolute Gasteiger partial charge is 0.476 e. The van der Waals surface area contributed by atoms with Gasteiger partial charge in [-0.05, 0) is 19.3 Å². The minimum Gasteiger partial charge on any atom is -0.476 e. The Morgan fingerprint density at radius 1 is 1.33 bits per heavy atom. The molecule has 0 spiro atoms. The van der Waals surface area contributed by atoms with Crippen molar-refractivity contribution in [3.63, 3.8) is 0 Å². The number of amides is 2. The van der Waals surface area contributed by atoms with Crippen LogP contribution in [0.15, 0.2) is 5.38 Å². The summed E-state index contributed by atoms with van der Waals surface area (Å²) in [4.78, 5) is 26.3. The first-order chi connectivity index (χ1) is 9.88. The molecular weight excluding hydrogens is 290 g/mol. The van der Waals surface area contributed by atoms with Crippen molar-refractivity contribution < 1.29 is 14.7 Å². The van der Waals surface area contributed by atoms with Crippen LogP contribution in [0.2, 0.25) is 0 Å². The molecule has 0 saturated heterocycles. The van der Waals surface area contributed by atoms with E-state index in [0.29, 0.717) is 10.9 Å². The van der Waals surface area contributed by atoms with Crippen LogP contribution < -0.4 is 10.6 Å². The highest BCUT2D eigenvalue weighted by Gasteiger charge is 2.10. The van der Waals surface area contributed by atoms with Gasteiger partial charge in [0.25, 0.3) is 0 Å². The van der Waals surface area contributed by atoms with Gasteiger partial charge in [0.05, 0.1) is 6.54 Å². The molecule has 0 radical (unpaired) electrons. The van der Waals surface area contributed by atoms with Crippen LogP contribution in [0.3, 0.4) is 0 Å². The van der Waals surface area contributed by atoms with Crippen LogP contribution in [-0.4, -0.2) is 28.1 Å². The van der Waals surface area contributed by atoms with Crippen LogP contribution >= 0.6 is 11.3 Å². The molecule has 3 N–H and O–H groups in total. The van der Waals surface area contributed by atoms with Crippen molar-refractivity contribution >= 4 is 23.3 Å². The third kappa shape index (κ3) is 7.08. The first-order valence-electron chi connectivity index (χ1n) is 7.10.